The molecule has 3 unspecified atom stereocenters. The fourth-order valence-corrected chi connectivity index (χ4v) is 11.9. The van der Waals surface area contributed by atoms with E-state index >= 15 is 0 Å². The molecule has 1 N–H and O–H groups in total. The molecule has 0 saturated carbocycles. The topological polar surface area (TPSA) is 83.0 Å². The van der Waals surface area contributed by atoms with Gasteiger partial charge in [-0.25, -0.2) is 9.97 Å². The number of anilines is 2. The van der Waals surface area contributed by atoms with Crippen LogP contribution in [0.5, 0.6) is 0 Å². The second-order valence-electron chi connectivity index (χ2n) is 15.3. The minimum Gasteiger partial charge on any atom is -0.399 e. The van der Waals surface area contributed by atoms with Crippen LogP contribution in [0.3, 0.4) is 0 Å². The Morgan fingerprint density at radius 1 is 0.800 bits per heavy atom. The Kier molecular flexibility index (Phi) is 13.2. The summed E-state index contributed by atoms with van der Waals surface area (Å²) >= 11 is 26.8. The van der Waals surface area contributed by atoms with E-state index in [1.807, 2.05) is 0 Å². The number of rotatable bonds is 7. The molecular weight excluding hydrogens is 916 g/mol. The first-order chi connectivity index (χ1) is 28.4. The molecule has 20 heteroatoms. The van der Waals surface area contributed by atoms with Crippen molar-refractivity contribution in [1.82, 2.24) is 15.3 Å². The van der Waals surface area contributed by atoms with Crippen LogP contribution in [0.25, 0.3) is 0 Å². The van der Waals surface area contributed by atoms with Crippen molar-refractivity contribution in [3.05, 3.63) is 88.8 Å². The summed E-state index contributed by atoms with van der Waals surface area (Å²) in [5.41, 5.74) is -1.38. The van der Waals surface area contributed by atoms with Crippen molar-refractivity contribution in [2.75, 3.05) is 43.1 Å². The van der Waals surface area contributed by atoms with Crippen LogP contribution in [0.15, 0.2) is 41.6 Å². The third kappa shape index (κ3) is 8.92. The van der Waals surface area contributed by atoms with E-state index in [-0.39, 0.29) is 82.2 Å². The van der Waals surface area contributed by atoms with Gasteiger partial charge in [0.05, 0.1) is 32.9 Å². The molecular formula is C40H40Cl4F6N6O2S2. The number of carbonyl (C=O) groups is 1. The Labute approximate surface area is 371 Å². The van der Waals surface area contributed by atoms with Gasteiger partial charge >= 0.3 is 12.4 Å². The Balaban J connectivity index is 0.000000182. The van der Waals surface area contributed by atoms with Crippen molar-refractivity contribution in [3.8, 4) is 0 Å². The van der Waals surface area contributed by atoms with Crippen LogP contribution in [-0.4, -0.2) is 67.2 Å². The van der Waals surface area contributed by atoms with E-state index in [1.54, 1.807) is 16.7 Å². The number of oxime groups is 1. The van der Waals surface area contributed by atoms with Gasteiger partial charge in [-0.3, -0.25) is 4.79 Å². The highest BCUT2D eigenvalue weighted by molar-refractivity contribution is 7.17. The molecule has 2 aliphatic heterocycles. The first kappa shape index (κ1) is 45.0. The van der Waals surface area contributed by atoms with Gasteiger partial charge in [-0.1, -0.05) is 81.2 Å². The van der Waals surface area contributed by atoms with Gasteiger partial charge in [-0.15, -0.1) is 0 Å². The average Bonchev–Trinajstić information content (AvgIpc) is 3.99. The van der Waals surface area contributed by atoms with Gasteiger partial charge in [0.1, 0.15) is 17.9 Å². The van der Waals surface area contributed by atoms with E-state index in [1.165, 1.54) is 66.2 Å². The van der Waals surface area contributed by atoms with Gasteiger partial charge in [0.15, 0.2) is 10.3 Å². The molecule has 8 nitrogen and oxygen atoms in total. The van der Waals surface area contributed by atoms with Gasteiger partial charge in [-0.2, -0.15) is 26.3 Å². The number of aryl methyl sites for hydroxylation is 2. The summed E-state index contributed by atoms with van der Waals surface area (Å²) in [5, 5.41) is 8.98. The Hall–Kier alpha value is -3.02. The summed E-state index contributed by atoms with van der Waals surface area (Å²) in [4.78, 5) is 31.3. The highest BCUT2D eigenvalue weighted by Crippen LogP contribution is 2.52. The van der Waals surface area contributed by atoms with E-state index in [0.29, 0.717) is 16.7 Å². The summed E-state index contributed by atoms with van der Waals surface area (Å²) in [6, 6.07) is 8.18. The number of aromatic nitrogens is 2. The summed E-state index contributed by atoms with van der Waals surface area (Å²) in [7, 11) is 1.48. The maximum absolute atomic E-state index is 14.3. The van der Waals surface area contributed by atoms with Crippen molar-refractivity contribution >= 4 is 91.0 Å². The van der Waals surface area contributed by atoms with Gasteiger partial charge in [0, 0.05) is 52.7 Å². The molecule has 0 spiro atoms. The molecule has 2 aromatic carbocycles. The summed E-state index contributed by atoms with van der Waals surface area (Å²) < 4.78 is 85.9. The fourth-order valence-electron chi connectivity index (χ4n) is 8.45. The molecule has 4 heterocycles. The van der Waals surface area contributed by atoms with E-state index in [4.69, 9.17) is 51.2 Å². The number of fused-ring (bicyclic) bond motifs is 2. The number of thiazole rings is 2. The molecule has 3 atom stereocenters. The number of nitrogens with zero attached hydrogens (tertiary/aromatic N) is 5. The monoisotopic (exact) mass is 954 g/mol. The minimum absolute atomic E-state index is 0.0390. The van der Waals surface area contributed by atoms with Crippen molar-refractivity contribution in [2.24, 2.45) is 5.16 Å². The van der Waals surface area contributed by atoms with Gasteiger partial charge in [0.2, 0.25) is 5.91 Å². The van der Waals surface area contributed by atoms with Crippen LogP contribution in [0.4, 0.5) is 36.6 Å². The van der Waals surface area contributed by atoms with Crippen LogP contribution in [-0.2, 0) is 33.3 Å². The zero-order chi connectivity index (χ0) is 43.2. The summed E-state index contributed by atoms with van der Waals surface area (Å²) in [6.07, 6.45) is -3.79. The van der Waals surface area contributed by atoms with Crippen LogP contribution in [0.1, 0.15) is 90.2 Å². The molecule has 2 aromatic heterocycles. The number of carbonyl (C=O) groups excluding carboxylic acids is 1. The maximum atomic E-state index is 14.3. The second kappa shape index (κ2) is 17.6. The minimum atomic E-state index is -4.47. The third-order valence-corrected chi connectivity index (χ3v) is 14.9. The molecule has 2 fully saturated rings. The number of hydrogen-bond acceptors (Lipinski definition) is 9. The van der Waals surface area contributed by atoms with Crippen LogP contribution in [0.2, 0.25) is 20.1 Å². The van der Waals surface area contributed by atoms with E-state index in [0.717, 1.165) is 65.4 Å². The van der Waals surface area contributed by atoms with Gasteiger partial charge in [-0.05, 0) is 98.9 Å². The Morgan fingerprint density at radius 3 is 1.80 bits per heavy atom. The molecule has 0 radical (unpaired) electrons. The first-order valence-electron chi connectivity index (χ1n) is 19.3. The highest BCUT2D eigenvalue weighted by Gasteiger charge is 2.61. The van der Waals surface area contributed by atoms with Crippen LogP contribution in [0, 0.1) is 0 Å². The first-order valence-corrected chi connectivity index (χ1v) is 22.5. The second-order valence-corrected chi connectivity index (χ2v) is 19.1. The largest absolute Gasteiger partial charge is 0.400 e. The molecule has 4 aromatic rings. The SMILES string of the molecule is CCC(=O)NC1CCCc2nc(N3CCC(c4cc(Cl)cc(Cl)c4)(C(F)(F)F)C3)sc21.CON=C1CCCc2nc(N3CCC(c4cc(Cl)cc(Cl)c4)(C(F)(F)F)C3)sc21. The number of nitrogens with one attached hydrogen (secondary N) is 1. The predicted octanol–water partition coefficient (Wildman–Crippen LogP) is 11.9. The number of alkyl halides is 6. The van der Waals surface area contributed by atoms with E-state index in [2.05, 4.69) is 20.4 Å². The van der Waals surface area contributed by atoms with E-state index in [9.17, 15) is 31.1 Å². The molecule has 8 rings (SSSR count). The van der Waals surface area contributed by atoms with Crippen molar-refractivity contribution in [1.29, 1.82) is 0 Å². The van der Waals surface area contributed by atoms with Crippen molar-refractivity contribution < 1.29 is 36.0 Å². The quantitative estimate of drug-likeness (QED) is 0.147. The fraction of sp³-hybridized carbons (Fsp3) is 0.500. The molecule has 1 amide bonds. The maximum Gasteiger partial charge on any atom is 0.400 e. The van der Waals surface area contributed by atoms with Crippen LogP contribution < -0.4 is 15.1 Å². The van der Waals surface area contributed by atoms with Crippen molar-refractivity contribution in [2.45, 2.75) is 93.9 Å². The van der Waals surface area contributed by atoms with E-state index < -0.39 is 23.2 Å². The molecule has 324 valence electrons. The molecule has 60 heavy (non-hydrogen) atoms. The Bertz CT molecular complexity index is 2230. The lowest BCUT2D eigenvalue weighted by atomic mass is 9.79. The number of amides is 1. The third-order valence-electron chi connectivity index (χ3n) is 11.6. The molecule has 2 saturated heterocycles. The predicted molar refractivity (Wildman–Crippen MR) is 227 cm³/mol. The zero-order valence-electron chi connectivity index (χ0n) is 32.4. The van der Waals surface area contributed by atoms with Gasteiger partial charge in [0.25, 0.3) is 0 Å². The summed E-state index contributed by atoms with van der Waals surface area (Å²) in [5.74, 6) is -0.0390. The number of benzene rings is 2. The normalized spacial score (nSPS) is 23.6. The standard InChI is InChI=1S/C21H22Cl2F3N3OS.C19H18Cl2F3N3OS/c1-2-17(30)27-15-4-3-5-16-18(15)31-19(28-16)29-7-6-20(11-29,21(24,25)26)12-8-13(22)10-14(23)9-12;1-28-26-15-4-2-3-14-16(15)29-17(25-14)27-6-5-18(10-27,19(22,23)24)11-7-12(20)9-13(21)8-11/h8-10,15H,2-7,11H2,1H3,(H,27,30);7-9H,2-6,10H2,1H3. The number of hydrogen-bond donors (Lipinski definition) is 1. The molecule has 0 bridgehead atoms. The lowest BCUT2D eigenvalue weighted by Gasteiger charge is -2.32. The lowest BCUT2D eigenvalue weighted by Crippen LogP contribution is -2.44. The lowest BCUT2D eigenvalue weighted by molar-refractivity contribution is -0.185. The molecule has 4 aliphatic rings. The number of halogens is 10. The highest BCUT2D eigenvalue weighted by atomic mass is 35.5. The molecule has 2 aliphatic carbocycles. The van der Waals surface area contributed by atoms with Gasteiger partial charge < -0.3 is 20.0 Å². The smallest absolute Gasteiger partial charge is 0.399 e. The van der Waals surface area contributed by atoms with Crippen molar-refractivity contribution in [3.63, 3.8) is 0 Å². The zero-order valence-corrected chi connectivity index (χ0v) is 37.0. The van der Waals surface area contributed by atoms with Crippen LogP contribution >= 0.6 is 69.1 Å². The Morgan fingerprint density at radius 2 is 1.30 bits per heavy atom. The average molecular weight is 957 g/mol. The summed E-state index contributed by atoms with van der Waals surface area (Å²) in [6.45, 7) is 1.79.